The summed E-state index contributed by atoms with van der Waals surface area (Å²) < 4.78 is 17.0. The topological polar surface area (TPSA) is 102 Å². The Morgan fingerprint density at radius 1 is 0.608 bits per heavy atom. The van der Waals surface area contributed by atoms with E-state index >= 15 is 0 Å². The van der Waals surface area contributed by atoms with Crippen molar-refractivity contribution < 1.29 is 38.2 Å². The molecule has 0 aliphatic heterocycles. The van der Waals surface area contributed by atoms with Crippen molar-refractivity contribution in [1.82, 2.24) is 0 Å². The molecule has 0 aromatic carbocycles. The van der Waals surface area contributed by atoms with E-state index in [0.29, 0.717) is 12.8 Å². The van der Waals surface area contributed by atoms with Crippen molar-refractivity contribution in [2.24, 2.45) is 0 Å². The number of allylic oxidation sites excluding steroid dienone is 4. The lowest BCUT2D eigenvalue weighted by Gasteiger charge is -2.34. The molecule has 0 amide bonds. The van der Waals surface area contributed by atoms with Crippen LogP contribution in [0.4, 0.5) is 0 Å². The molecule has 51 heavy (non-hydrogen) atoms. The number of esters is 2. The van der Waals surface area contributed by atoms with Crippen LogP contribution in [0, 0.1) is 0 Å². The van der Waals surface area contributed by atoms with Gasteiger partial charge in [-0.15, -0.1) is 0 Å². The summed E-state index contributed by atoms with van der Waals surface area (Å²) in [5, 5.41) is 11.6. The van der Waals surface area contributed by atoms with Crippen LogP contribution in [0.1, 0.15) is 181 Å². The number of likely N-dealkylation sites (N-methyl/N-ethyl adjacent to an activating group) is 1. The van der Waals surface area contributed by atoms with E-state index in [0.717, 1.165) is 32.1 Å². The zero-order valence-electron chi connectivity index (χ0n) is 33.8. The van der Waals surface area contributed by atoms with Gasteiger partial charge in [0.05, 0.1) is 40.3 Å². The van der Waals surface area contributed by atoms with Gasteiger partial charge < -0.3 is 28.6 Å². The Balaban J connectivity index is 4.16. The van der Waals surface area contributed by atoms with Crippen molar-refractivity contribution in [2.75, 3.05) is 41.0 Å². The third-order valence-corrected chi connectivity index (χ3v) is 9.37. The Hall–Kier alpha value is -2.19. The van der Waals surface area contributed by atoms with Gasteiger partial charge in [0.2, 0.25) is 0 Å². The quantitative estimate of drug-likeness (QED) is 0.0273. The number of nitrogens with zero attached hydrogens (tertiary/aromatic N) is 1. The van der Waals surface area contributed by atoms with Gasteiger partial charge in [0, 0.05) is 19.3 Å². The van der Waals surface area contributed by atoms with E-state index in [1.165, 1.54) is 109 Å². The Kier molecular flexibility index (Phi) is 33.4. The minimum absolute atomic E-state index is 0.0207. The summed E-state index contributed by atoms with van der Waals surface area (Å²) in [4.78, 5) is 36.5. The molecule has 0 spiro atoms. The number of carboxylic acid groups (broad SMARTS) is 1. The molecule has 0 heterocycles. The summed E-state index contributed by atoms with van der Waals surface area (Å²) >= 11 is 0. The highest BCUT2D eigenvalue weighted by atomic mass is 16.6. The lowest BCUT2D eigenvalue weighted by atomic mass is 10.0. The number of rotatable bonds is 37. The molecule has 0 radical (unpaired) electrons. The molecule has 0 aliphatic rings. The minimum atomic E-state index is -1.13. The maximum Gasteiger partial charge on any atom is 0.306 e. The van der Waals surface area contributed by atoms with E-state index in [2.05, 4.69) is 26.0 Å². The van der Waals surface area contributed by atoms with Crippen molar-refractivity contribution in [3.05, 3.63) is 24.3 Å². The van der Waals surface area contributed by atoms with E-state index in [4.69, 9.17) is 14.2 Å². The van der Waals surface area contributed by atoms with Crippen LogP contribution >= 0.6 is 0 Å². The monoisotopic (exact) mass is 722 g/mol. The first-order valence-electron chi connectivity index (χ1n) is 20.9. The summed E-state index contributed by atoms with van der Waals surface area (Å²) in [6.45, 7) is 4.46. The fourth-order valence-electron chi connectivity index (χ4n) is 6.13. The van der Waals surface area contributed by atoms with Gasteiger partial charge in [-0.2, -0.15) is 0 Å². The second-order valence-electron chi connectivity index (χ2n) is 15.2. The van der Waals surface area contributed by atoms with E-state index < -0.39 is 18.1 Å². The van der Waals surface area contributed by atoms with Crippen LogP contribution in [0.15, 0.2) is 24.3 Å². The van der Waals surface area contributed by atoms with Crippen molar-refractivity contribution >= 4 is 17.9 Å². The van der Waals surface area contributed by atoms with Crippen molar-refractivity contribution in [2.45, 2.75) is 193 Å². The van der Waals surface area contributed by atoms with Crippen LogP contribution in [-0.2, 0) is 28.6 Å². The number of quaternary nitrogens is 1. The normalized spacial score (nSPS) is 13.2. The highest BCUT2D eigenvalue weighted by molar-refractivity contribution is 5.70. The first-order valence-corrected chi connectivity index (χ1v) is 20.9. The molecule has 0 N–H and O–H groups in total. The third kappa shape index (κ3) is 33.4. The molecule has 0 bridgehead atoms. The lowest BCUT2D eigenvalue weighted by Crippen LogP contribution is -2.55. The molecule has 2 atom stereocenters. The fourth-order valence-corrected chi connectivity index (χ4v) is 6.13. The molecule has 0 aromatic heterocycles. The van der Waals surface area contributed by atoms with Gasteiger partial charge in [-0.25, -0.2) is 0 Å². The number of ether oxygens (including phenoxy) is 3. The SMILES string of the molecule is CC/C=C/C/C=C/CCC(=O)OC(COCCC(C(=O)[O-])[N+](C)(C)C)COC(=O)CCCCCCCCCCCCCCCCCCCCCC. The van der Waals surface area contributed by atoms with Gasteiger partial charge in [-0.3, -0.25) is 9.59 Å². The smallest absolute Gasteiger partial charge is 0.306 e. The Bertz CT molecular complexity index is 895. The van der Waals surface area contributed by atoms with Gasteiger partial charge in [0.1, 0.15) is 12.6 Å². The molecular formula is C43H79NO7. The van der Waals surface area contributed by atoms with E-state index in [1.54, 1.807) is 21.1 Å². The molecule has 0 aromatic rings. The maximum atomic E-state index is 12.5. The molecule has 0 saturated carbocycles. The van der Waals surface area contributed by atoms with Gasteiger partial charge in [0.25, 0.3) is 0 Å². The van der Waals surface area contributed by atoms with E-state index in [9.17, 15) is 19.5 Å². The second-order valence-corrected chi connectivity index (χ2v) is 15.2. The van der Waals surface area contributed by atoms with Gasteiger partial charge in [-0.1, -0.05) is 160 Å². The Morgan fingerprint density at radius 3 is 1.57 bits per heavy atom. The van der Waals surface area contributed by atoms with Crippen LogP contribution in [0.2, 0.25) is 0 Å². The average molecular weight is 722 g/mol. The molecule has 8 heteroatoms. The van der Waals surface area contributed by atoms with Crippen molar-refractivity contribution in [3.8, 4) is 0 Å². The highest BCUT2D eigenvalue weighted by Crippen LogP contribution is 2.15. The number of hydrogen-bond acceptors (Lipinski definition) is 7. The Morgan fingerprint density at radius 2 is 1.10 bits per heavy atom. The van der Waals surface area contributed by atoms with E-state index in [-0.39, 0.29) is 49.1 Å². The summed E-state index contributed by atoms with van der Waals surface area (Å²) in [7, 11) is 5.38. The molecule has 298 valence electrons. The molecule has 0 rings (SSSR count). The molecular weight excluding hydrogens is 642 g/mol. The third-order valence-electron chi connectivity index (χ3n) is 9.37. The van der Waals surface area contributed by atoms with Gasteiger partial charge >= 0.3 is 11.9 Å². The van der Waals surface area contributed by atoms with Crippen molar-refractivity contribution in [1.29, 1.82) is 0 Å². The van der Waals surface area contributed by atoms with Crippen molar-refractivity contribution in [3.63, 3.8) is 0 Å². The molecule has 0 fully saturated rings. The van der Waals surface area contributed by atoms with E-state index in [1.807, 2.05) is 12.2 Å². The predicted molar refractivity (Wildman–Crippen MR) is 208 cm³/mol. The van der Waals surface area contributed by atoms with Crippen LogP contribution in [0.3, 0.4) is 0 Å². The van der Waals surface area contributed by atoms with Gasteiger partial charge in [-0.05, 0) is 25.7 Å². The summed E-state index contributed by atoms with van der Waals surface area (Å²) in [5.74, 6) is -1.82. The maximum absolute atomic E-state index is 12.5. The zero-order chi connectivity index (χ0) is 37.8. The molecule has 0 saturated heterocycles. The number of hydrogen-bond donors (Lipinski definition) is 0. The Labute approximate surface area is 313 Å². The fraction of sp³-hybridized carbons (Fsp3) is 0.837. The summed E-state index contributed by atoms with van der Waals surface area (Å²) in [6, 6.07) is -0.730. The minimum Gasteiger partial charge on any atom is -0.544 e. The standard InChI is InChI=1S/C43H79NO7/c1-6-8-10-12-14-15-16-17-18-19-20-21-22-23-24-25-26-28-29-31-33-41(45)50-38-39(37-49-36-35-40(43(47)48)44(3,4)5)51-42(46)34-32-30-27-13-11-9-7-2/h9,11,27,30,39-40H,6-8,10,12-26,28-29,31-38H2,1-5H3/b11-9+,30-27+. The largest absolute Gasteiger partial charge is 0.544 e. The zero-order valence-corrected chi connectivity index (χ0v) is 33.8. The lowest BCUT2D eigenvalue weighted by molar-refractivity contribution is -0.889. The number of carbonyl (C=O) groups is 3. The molecule has 2 unspecified atom stereocenters. The molecule has 0 aliphatic carbocycles. The number of aliphatic carboxylic acids is 1. The van der Waals surface area contributed by atoms with Crippen LogP contribution in [0.5, 0.6) is 0 Å². The van der Waals surface area contributed by atoms with Crippen LogP contribution in [-0.4, -0.2) is 75.5 Å². The first kappa shape index (κ1) is 48.8. The van der Waals surface area contributed by atoms with Gasteiger partial charge in [0.15, 0.2) is 6.10 Å². The summed E-state index contributed by atoms with van der Waals surface area (Å²) in [6.07, 6.45) is 36.8. The number of unbranched alkanes of at least 4 members (excludes halogenated alkanes) is 19. The summed E-state index contributed by atoms with van der Waals surface area (Å²) in [5.41, 5.74) is 0. The highest BCUT2D eigenvalue weighted by Gasteiger charge is 2.25. The number of carboxylic acids is 1. The predicted octanol–water partition coefficient (Wildman–Crippen LogP) is 9.58. The first-order chi connectivity index (χ1) is 24.6. The van der Waals surface area contributed by atoms with Crippen LogP contribution < -0.4 is 5.11 Å². The molecule has 8 nitrogen and oxygen atoms in total. The van der Waals surface area contributed by atoms with Crippen LogP contribution in [0.25, 0.3) is 0 Å². The number of carbonyl (C=O) groups excluding carboxylic acids is 3. The average Bonchev–Trinajstić information content (AvgIpc) is 3.08. The second kappa shape index (κ2) is 34.9.